The molecule has 0 saturated heterocycles. The van der Waals surface area contributed by atoms with Gasteiger partial charge in [-0.3, -0.25) is 18.7 Å². The van der Waals surface area contributed by atoms with Gasteiger partial charge in [-0.2, -0.15) is 0 Å². The molecule has 4 rings (SSSR count). The largest absolute Gasteiger partial charge is 0.496 e. The van der Waals surface area contributed by atoms with Gasteiger partial charge in [0.15, 0.2) is 0 Å². The number of aromatic nitrogens is 2. The van der Waals surface area contributed by atoms with Crippen LogP contribution in [0, 0.1) is 6.92 Å². The predicted molar refractivity (Wildman–Crippen MR) is 127 cm³/mol. The number of halogens is 1. The summed E-state index contributed by atoms with van der Waals surface area (Å²) in [7, 11) is 1.53. The zero-order chi connectivity index (χ0) is 22.8. The maximum absolute atomic E-state index is 13.3. The average molecular weight is 470 g/mol. The van der Waals surface area contributed by atoms with E-state index < -0.39 is 17.2 Å². The second-order valence-corrected chi connectivity index (χ2v) is 8.54. The standard InChI is InChI=1S/C23H20ClN3O4S/c1-14-7-8-16(11-17(14)24)25-20(28)13-26-18-9-10-32-21(18)22(29)27(23(26)30)12-15-5-3-4-6-19(15)31-2/h3-11H,12-13H2,1-2H3,(H,25,28). The predicted octanol–water partition coefficient (Wildman–Crippen LogP) is 3.88. The van der Waals surface area contributed by atoms with E-state index in [1.165, 1.54) is 23.0 Å². The minimum atomic E-state index is -0.566. The van der Waals surface area contributed by atoms with E-state index in [-0.39, 0.29) is 13.1 Å². The van der Waals surface area contributed by atoms with Crippen LogP contribution in [0.4, 0.5) is 5.69 Å². The van der Waals surface area contributed by atoms with Gasteiger partial charge in [-0.1, -0.05) is 35.9 Å². The van der Waals surface area contributed by atoms with E-state index in [1.54, 1.807) is 41.8 Å². The number of thiophene rings is 1. The van der Waals surface area contributed by atoms with Gasteiger partial charge in [0, 0.05) is 16.3 Å². The van der Waals surface area contributed by atoms with E-state index in [9.17, 15) is 14.4 Å². The first-order valence-electron chi connectivity index (χ1n) is 9.77. The first-order chi connectivity index (χ1) is 15.4. The summed E-state index contributed by atoms with van der Waals surface area (Å²) in [6.45, 7) is 1.65. The molecule has 1 amide bonds. The molecule has 9 heteroatoms. The Kier molecular flexibility index (Phi) is 6.16. The number of hydrogen-bond donors (Lipinski definition) is 1. The van der Waals surface area contributed by atoms with Crippen molar-refractivity contribution in [2.45, 2.75) is 20.0 Å². The maximum atomic E-state index is 13.3. The molecule has 0 unspecified atom stereocenters. The normalized spacial score (nSPS) is 11.0. The van der Waals surface area contributed by atoms with Gasteiger partial charge in [0.25, 0.3) is 5.56 Å². The SMILES string of the molecule is COc1ccccc1Cn1c(=O)c2sccc2n(CC(=O)Nc2ccc(C)c(Cl)c2)c1=O. The second kappa shape index (κ2) is 9.02. The maximum Gasteiger partial charge on any atom is 0.332 e. The van der Waals surface area contributed by atoms with E-state index in [2.05, 4.69) is 5.32 Å². The summed E-state index contributed by atoms with van der Waals surface area (Å²) in [5, 5.41) is 5.02. The summed E-state index contributed by atoms with van der Waals surface area (Å²) < 4.78 is 8.21. The Hall–Kier alpha value is -3.36. The van der Waals surface area contributed by atoms with E-state index in [0.717, 1.165) is 10.1 Å². The first kappa shape index (κ1) is 21.9. The number of anilines is 1. The molecule has 1 N–H and O–H groups in total. The smallest absolute Gasteiger partial charge is 0.332 e. The zero-order valence-electron chi connectivity index (χ0n) is 17.4. The van der Waals surface area contributed by atoms with E-state index in [4.69, 9.17) is 16.3 Å². The van der Waals surface area contributed by atoms with Crippen LogP contribution in [0.5, 0.6) is 5.75 Å². The third kappa shape index (κ3) is 4.19. The van der Waals surface area contributed by atoms with Gasteiger partial charge < -0.3 is 10.1 Å². The quantitative estimate of drug-likeness (QED) is 0.464. The number of hydrogen-bond acceptors (Lipinski definition) is 5. The molecule has 2 heterocycles. The molecule has 0 aliphatic heterocycles. The number of fused-ring (bicyclic) bond motifs is 1. The molecular formula is C23H20ClN3O4S. The van der Waals surface area contributed by atoms with E-state index in [0.29, 0.717) is 32.2 Å². The summed E-state index contributed by atoms with van der Waals surface area (Å²) in [5.41, 5.74) is 1.58. The monoisotopic (exact) mass is 469 g/mol. The molecule has 4 aromatic rings. The second-order valence-electron chi connectivity index (χ2n) is 7.22. The van der Waals surface area contributed by atoms with Gasteiger partial charge in [-0.05, 0) is 42.1 Å². The van der Waals surface area contributed by atoms with Crippen molar-refractivity contribution in [1.29, 1.82) is 0 Å². The molecule has 0 aliphatic carbocycles. The molecule has 0 fully saturated rings. The minimum absolute atomic E-state index is 0.0324. The highest BCUT2D eigenvalue weighted by Crippen LogP contribution is 2.21. The average Bonchev–Trinajstić information content (AvgIpc) is 3.27. The van der Waals surface area contributed by atoms with Crippen LogP contribution in [-0.2, 0) is 17.9 Å². The molecule has 0 saturated carbocycles. The Balaban J connectivity index is 1.72. The fraction of sp³-hybridized carbons (Fsp3) is 0.174. The van der Waals surface area contributed by atoms with Crippen LogP contribution in [-0.4, -0.2) is 22.2 Å². The lowest BCUT2D eigenvalue weighted by molar-refractivity contribution is -0.116. The van der Waals surface area contributed by atoms with Crippen LogP contribution in [0.1, 0.15) is 11.1 Å². The van der Waals surface area contributed by atoms with Crippen molar-refractivity contribution < 1.29 is 9.53 Å². The summed E-state index contributed by atoms with van der Waals surface area (Å²) in [6.07, 6.45) is 0. The number of carbonyl (C=O) groups is 1. The number of aryl methyl sites for hydroxylation is 1. The molecule has 0 bridgehead atoms. The van der Waals surface area contributed by atoms with Crippen molar-refractivity contribution in [3.8, 4) is 5.75 Å². The number of rotatable bonds is 6. The number of para-hydroxylation sites is 1. The topological polar surface area (TPSA) is 82.3 Å². The van der Waals surface area contributed by atoms with Crippen molar-refractivity contribution in [1.82, 2.24) is 9.13 Å². The zero-order valence-corrected chi connectivity index (χ0v) is 19.0. The molecular weight excluding hydrogens is 450 g/mol. The Bertz CT molecular complexity index is 1440. The lowest BCUT2D eigenvalue weighted by atomic mass is 10.2. The highest BCUT2D eigenvalue weighted by molar-refractivity contribution is 7.17. The van der Waals surface area contributed by atoms with Crippen LogP contribution in [0.25, 0.3) is 10.2 Å². The molecule has 32 heavy (non-hydrogen) atoms. The van der Waals surface area contributed by atoms with Gasteiger partial charge in [-0.15, -0.1) is 11.3 Å². The molecule has 7 nitrogen and oxygen atoms in total. The summed E-state index contributed by atoms with van der Waals surface area (Å²) in [4.78, 5) is 39.0. The number of ether oxygens (including phenoxy) is 1. The van der Waals surface area contributed by atoms with Crippen LogP contribution in [0.3, 0.4) is 0 Å². The van der Waals surface area contributed by atoms with Gasteiger partial charge in [0.2, 0.25) is 5.91 Å². The number of methoxy groups -OCH3 is 1. The third-order valence-corrected chi connectivity index (χ3v) is 6.41. The molecule has 0 atom stereocenters. The highest BCUT2D eigenvalue weighted by atomic mass is 35.5. The number of nitrogens with one attached hydrogen (secondary N) is 1. The molecule has 0 aliphatic rings. The highest BCUT2D eigenvalue weighted by Gasteiger charge is 2.18. The van der Waals surface area contributed by atoms with Gasteiger partial charge in [0.05, 0.1) is 19.2 Å². The Labute approximate surface area is 192 Å². The van der Waals surface area contributed by atoms with Gasteiger partial charge >= 0.3 is 5.69 Å². The molecule has 2 aromatic carbocycles. The van der Waals surface area contributed by atoms with Crippen molar-refractivity contribution in [2.24, 2.45) is 0 Å². The van der Waals surface area contributed by atoms with Crippen LogP contribution in [0.2, 0.25) is 5.02 Å². The van der Waals surface area contributed by atoms with E-state index in [1.807, 2.05) is 19.1 Å². The van der Waals surface area contributed by atoms with Crippen LogP contribution in [0.15, 0.2) is 63.5 Å². The van der Waals surface area contributed by atoms with Gasteiger partial charge in [0.1, 0.15) is 17.0 Å². The Morgan fingerprint density at radius 2 is 1.91 bits per heavy atom. The molecule has 2 aromatic heterocycles. The fourth-order valence-electron chi connectivity index (χ4n) is 3.44. The summed E-state index contributed by atoms with van der Waals surface area (Å²) in [6, 6.07) is 14.1. The summed E-state index contributed by atoms with van der Waals surface area (Å²) in [5.74, 6) is 0.174. The van der Waals surface area contributed by atoms with Gasteiger partial charge in [-0.25, -0.2) is 4.79 Å². The molecule has 0 spiro atoms. The van der Waals surface area contributed by atoms with Crippen molar-refractivity contribution >= 4 is 44.7 Å². The summed E-state index contributed by atoms with van der Waals surface area (Å²) >= 11 is 7.37. The fourth-order valence-corrected chi connectivity index (χ4v) is 4.47. The van der Waals surface area contributed by atoms with Crippen molar-refractivity contribution in [3.63, 3.8) is 0 Å². The minimum Gasteiger partial charge on any atom is -0.496 e. The van der Waals surface area contributed by atoms with Crippen molar-refractivity contribution in [3.05, 3.63) is 90.9 Å². The Morgan fingerprint density at radius 3 is 2.66 bits per heavy atom. The van der Waals surface area contributed by atoms with Crippen LogP contribution < -0.4 is 21.3 Å². The Morgan fingerprint density at radius 1 is 1.12 bits per heavy atom. The molecule has 0 radical (unpaired) electrons. The van der Waals surface area contributed by atoms with Crippen molar-refractivity contribution in [2.75, 3.05) is 12.4 Å². The molecule has 164 valence electrons. The lowest BCUT2D eigenvalue weighted by Crippen LogP contribution is -2.41. The number of nitrogens with zero attached hydrogens (tertiary/aromatic N) is 2. The third-order valence-electron chi connectivity index (χ3n) is 5.11. The first-order valence-corrected chi connectivity index (χ1v) is 11.0. The number of carbonyl (C=O) groups excluding carboxylic acids is 1. The lowest BCUT2D eigenvalue weighted by Gasteiger charge is -2.14. The van der Waals surface area contributed by atoms with Crippen LogP contribution >= 0.6 is 22.9 Å². The van der Waals surface area contributed by atoms with E-state index >= 15 is 0 Å². The number of benzene rings is 2. The number of amides is 1.